The molecule has 0 spiro atoms. The summed E-state index contributed by atoms with van der Waals surface area (Å²) in [6.45, 7) is 0.913. The normalized spacial score (nSPS) is 9.83. The molecule has 0 fully saturated rings. The summed E-state index contributed by atoms with van der Waals surface area (Å²) in [5, 5.41) is 11.2. The van der Waals surface area contributed by atoms with E-state index in [1.165, 1.54) is 0 Å². The van der Waals surface area contributed by atoms with Gasteiger partial charge in [-0.15, -0.1) is 0 Å². The maximum Gasteiger partial charge on any atom is 0.234 e. The lowest BCUT2D eigenvalue weighted by atomic mass is 10.1. The maximum atomic E-state index is 11.3. The molecule has 0 heterocycles. The van der Waals surface area contributed by atoms with E-state index < -0.39 is 0 Å². The average Bonchev–Trinajstić information content (AvgIpc) is 2.61. The number of nitriles is 1. The van der Waals surface area contributed by atoms with Crippen molar-refractivity contribution in [3.8, 4) is 17.6 Å². The summed E-state index contributed by atoms with van der Waals surface area (Å²) in [6.07, 6.45) is 0.491. The van der Waals surface area contributed by atoms with E-state index in [-0.39, 0.29) is 12.3 Å². The van der Waals surface area contributed by atoms with Gasteiger partial charge in [-0.25, -0.2) is 0 Å². The topological polar surface area (TPSA) is 71.3 Å². The Morgan fingerprint density at radius 3 is 2.71 bits per heavy atom. The first kappa shape index (κ1) is 17.4. The minimum Gasteiger partial charge on any atom is -0.497 e. The predicted octanol–water partition coefficient (Wildman–Crippen LogP) is 2.85. The fourth-order valence-corrected chi connectivity index (χ4v) is 2.21. The van der Waals surface area contributed by atoms with Gasteiger partial charge >= 0.3 is 0 Å². The summed E-state index contributed by atoms with van der Waals surface area (Å²) in [6, 6.07) is 17.4. The highest BCUT2D eigenvalue weighted by atomic mass is 16.5. The molecular formula is C19H20N2O3. The second-order valence-electron chi connectivity index (χ2n) is 5.18. The predicted molar refractivity (Wildman–Crippen MR) is 90.7 cm³/mol. The Kier molecular flexibility index (Phi) is 6.66. The van der Waals surface area contributed by atoms with Gasteiger partial charge in [0.15, 0.2) is 0 Å². The average molecular weight is 324 g/mol. The molecule has 0 radical (unpaired) electrons. The van der Waals surface area contributed by atoms with E-state index in [0.29, 0.717) is 19.6 Å². The van der Waals surface area contributed by atoms with Crippen molar-refractivity contribution in [1.29, 1.82) is 5.26 Å². The maximum absolute atomic E-state index is 11.3. The molecule has 24 heavy (non-hydrogen) atoms. The van der Waals surface area contributed by atoms with E-state index >= 15 is 0 Å². The lowest BCUT2D eigenvalue weighted by Gasteiger charge is -2.13. The molecule has 0 saturated heterocycles. The van der Waals surface area contributed by atoms with Crippen LogP contribution in [-0.2, 0) is 17.8 Å². The van der Waals surface area contributed by atoms with Crippen LogP contribution in [0.5, 0.6) is 11.5 Å². The van der Waals surface area contributed by atoms with Crippen molar-refractivity contribution in [3.63, 3.8) is 0 Å². The molecule has 0 aromatic heterocycles. The van der Waals surface area contributed by atoms with Gasteiger partial charge in [0, 0.05) is 12.6 Å². The van der Waals surface area contributed by atoms with Gasteiger partial charge in [-0.2, -0.15) is 5.26 Å². The first-order valence-corrected chi connectivity index (χ1v) is 7.70. The minimum atomic E-state index is -0.266. The van der Waals surface area contributed by atoms with E-state index in [1.54, 1.807) is 7.11 Å². The largest absolute Gasteiger partial charge is 0.497 e. The number of methoxy groups -OCH3 is 1. The molecule has 5 nitrogen and oxygen atoms in total. The molecule has 2 aromatic carbocycles. The Morgan fingerprint density at radius 1 is 1.21 bits per heavy atom. The van der Waals surface area contributed by atoms with Gasteiger partial charge in [0.25, 0.3) is 0 Å². The number of carbonyl (C=O) groups is 1. The summed E-state index contributed by atoms with van der Waals surface area (Å²) in [5.74, 6) is 1.18. The van der Waals surface area contributed by atoms with Gasteiger partial charge in [-0.1, -0.05) is 36.4 Å². The molecule has 1 amide bonds. The Bertz CT molecular complexity index is 708. The van der Waals surface area contributed by atoms with Crippen LogP contribution >= 0.6 is 0 Å². The fourth-order valence-electron chi connectivity index (χ4n) is 2.21. The first-order valence-electron chi connectivity index (χ1n) is 7.70. The molecule has 2 aromatic rings. The van der Waals surface area contributed by atoms with Crippen molar-refractivity contribution >= 4 is 5.91 Å². The molecule has 0 unspecified atom stereocenters. The van der Waals surface area contributed by atoms with Crippen LogP contribution in [0.15, 0.2) is 48.5 Å². The SMILES string of the molecule is COc1ccc(CCNC(=O)CC#N)c(OCc2ccccc2)c1. The zero-order chi connectivity index (χ0) is 17.2. The van der Waals surface area contributed by atoms with Gasteiger partial charge in [0.2, 0.25) is 5.91 Å². The first-order chi connectivity index (χ1) is 11.7. The Labute approximate surface area is 141 Å². The van der Waals surface area contributed by atoms with E-state index in [0.717, 1.165) is 22.6 Å². The lowest BCUT2D eigenvalue weighted by Crippen LogP contribution is -2.25. The van der Waals surface area contributed by atoms with Crippen LogP contribution in [0.3, 0.4) is 0 Å². The Balaban J connectivity index is 2.01. The van der Waals surface area contributed by atoms with E-state index in [9.17, 15) is 4.79 Å². The number of amides is 1. The van der Waals surface area contributed by atoms with Crippen LogP contribution in [0.1, 0.15) is 17.5 Å². The fraction of sp³-hybridized carbons (Fsp3) is 0.263. The monoisotopic (exact) mass is 324 g/mol. The van der Waals surface area contributed by atoms with Crippen LogP contribution < -0.4 is 14.8 Å². The van der Waals surface area contributed by atoms with Crippen molar-refractivity contribution in [3.05, 3.63) is 59.7 Å². The third-order valence-corrected chi connectivity index (χ3v) is 3.47. The standard InChI is InChI=1S/C19H20N2O3/c1-23-17-8-7-16(10-12-21-19(22)9-11-20)18(13-17)24-14-15-5-3-2-4-6-15/h2-8,13H,9-10,12,14H2,1H3,(H,21,22). The van der Waals surface area contributed by atoms with Gasteiger partial charge in [-0.3, -0.25) is 4.79 Å². The molecule has 0 aliphatic heterocycles. The minimum absolute atomic E-state index is 0.125. The van der Waals surface area contributed by atoms with Gasteiger partial charge in [0.05, 0.1) is 13.2 Å². The molecule has 0 bridgehead atoms. The van der Waals surface area contributed by atoms with E-state index in [4.69, 9.17) is 14.7 Å². The number of hydrogen-bond donors (Lipinski definition) is 1. The van der Waals surface area contributed by atoms with Crippen molar-refractivity contribution in [2.45, 2.75) is 19.4 Å². The van der Waals surface area contributed by atoms with E-state index in [2.05, 4.69) is 5.32 Å². The molecule has 5 heteroatoms. The van der Waals surface area contributed by atoms with Crippen LogP contribution in [0.25, 0.3) is 0 Å². The molecule has 1 N–H and O–H groups in total. The van der Waals surface area contributed by atoms with Crippen molar-refractivity contribution in [2.24, 2.45) is 0 Å². The number of nitrogens with zero attached hydrogens (tertiary/aromatic N) is 1. The number of nitrogens with one attached hydrogen (secondary N) is 1. The molecule has 124 valence electrons. The number of hydrogen-bond acceptors (Lipinski definition) is 4. The van der Waals surface area contributed by atoms with Crippen molar-refractivity contribution < 1.29 is 14.3 Å². The lowest BCUT2D eigenvalue weighted by molar-refractivity contribution is -0.120. The van der Waals surface area contributed by atoms with Crippen molar-refractivity contribution in [1.82, 2.24) is 5.32 Å². The highest BCUT2D eigenvalue weighted by Crippen LogP contribution is 2.26. The van der Waals surface area contributed by atoms with Crippen molar-refractivity contribution in [2.75, 3.05) is 13.7 Å². The second kappa shape index (κ2) is 9.21. The molecule has 2 rings (SSSR count). The smallest absolute Gasteiger partial charge is 0.234 e. The highest BCUT2D eigenvalue weighted by Gasteiger charge is 2.08. The third-order valence-electron chi connectivity index (χ3n) is 3.47. The van der Waals surface area contributed by atoms with Gasteiger partial charge in [0.1, 0.15) is 24.5 Å². The van der Waals surface area contributed by atoms with Crippen LogP contribution in [0, 0.1) is 11.3 Å². The van der Waals surface area contributed by atoms with Gasteiger partial charge in [-0.05, 0) is 23.6 Å². The van der Waals surface area contributed by atoms with Crippen LogP contribution in [-0.4, -0.2) is 19.6 Å². The number of ether oxygens (including phenoxy) is 2. The molecule has 0 aliphatic rings. The zero-order valence-electron chi connectivity index (χ0n) is 13.6. The summed E-state index contributed by atoms with van der Waals surface area (Å²) >= 11 is 0. The molecule has 0 atom stereocenters. The molecular weight excluding hydrogens is 304 g/mol. The third kappa shape index (κ3) is 5.33. The summed E-state index contributed by atoms with van der Waals surface area (Å²) in [4.78, 5) is 11.3. The number of rotatable bonds is 8. The summed E-state index contributed by atoms with van der Waals surface area (Å²) in [7, 11) is 1.61. The Hall–Kier alpha value is -3.00. The zero-order valence-corrected chi connectivity index (χ0v) is 13.6. The summed E-state index contributed by atoms with van der Waals surface area (Å²) < 4.78 is 11.2. The molecule has 0 saturated carbocycles. The second-order valence-corrected chi connectivity index (χ2v) is 5.18. The van der Waals surface area contributed by atoms with Crippen LogP contribution in [0.4, 0.5) is 0 Å². The van der Waals surface area contributed by atoms with E-state index in [1.807, 2.05) is 54.6 Å². The number of benzene rings is 2. The summed E-state index contributed by atoms with van der Waals surface area (Å²) in [5.41, 5.74) is 2.05. The quantitative estimate of drug-likeness (QED) is 0.810. The van der Waals surface area contributed by atoms with Crippen LogP contribution in [0.2, 0.25) is 0 Å². The highest BCUT2D eigenvalue weighted by molar-refractivity contribution is 5.77. The number of carbonyl (C=O) groups excluding carboxylic acids is 1. The molecule has 0 aliphatic carbocycles. The van der Waals surface area contributed by atoms with Gasteiger partial charge < -0.3 is 14.8 Å². The Morgan fingerprint density at radius 2 is 2.00 bits per heavy atom.